The van der Waals surface area contributed by atoms with Crippen LogP contribution in [0.25, 0.3) is 21.9 Å². The summed E-state index contributed by atoms with van der Waals surface area (Å²) in [7, 11) is 0. The minimum atomic E-state index is -0.246. The second kappa shape index (κ2) is 7.25. The number of halogens is 2. The Balaban J connectivity index is 1.36. The summed E-state index contributed by atoms with van der Waals surface area (Å²) in [6.45, 7) is 0. The zero-order valence-electron chi connectivity index (χ0n) is 16.1. The van der Waals surface area contributed by atoms with Gasteiger partial charge in [0.15, 0.2) is 0 Å². The van der Waals surface area contributed by atoms with E-state index < -0.39 is 0 Å². The number of nitrogens with zero attached hydrogens (tertiary/aromatic N) is 4. The molecule has 6 nitrogen and oxygen atoms in total. The van der Waals surface area contributed by atoms with Gasteiger partial charge in [0.05, 0.1) is 22.0 Å². The van der Waals surface area contributed by atoms with Gasteiger partial charge in [-0.15, -0.1) is 0 Å². The van der Waals surface area contributed by atoms with E-state index in [1.54, 1.807) is 12.1 Å². The third-order valence-electron chi connectivity index (χ3n) is 5.77. The van der Waals surface area contributed by atoms with Crippen molar-refractivity contribution in [3.8, 4) is 0 Å². The number of aromatic nitrogens is 4. The number of allylic oxidation sites excluding steroid dienone is 2. The number of rotatable bonds is 4. The molecule has 5 rings (SSSR count). The van der Waals surface area contributed by atoms with E-state index in [-0.39, 0.29) is 17.7 Å². The topological polar surface area (TPSA) is 95.6 Å². The highest BCUT2D eigenvalue weighted by Gasteiger charge is 2.20. The summed E-state index contributed by atoms with van der Waals surface area (Å²) >= 11 is 5.99. The molecule has 4 N–H and O–H groups in total. The van der Waals surface area contributed by atoms with E-state index in [4.69, 9.17) is 23.1 Å². The minimum Gasteiger partial charge on any atom is -0.383 e. The zero-order valence-corrected chi connectivity index (χ0v) is 16.9. The SMILES string of the molecule is Nc1nc2cc(CCC3=CC(n4ccc5c(N)ncnc54)CC3)c(F)cc2cc1Cl. The van der Waals surface area contributed by atoms with Crippen molar-refractivity contribution in [1.29, 1.82) is 0 Å². The van der Waals surface area contributed by atoms with Crippen molar-refractivity contribution in [1.82, 2.24) is 19.5 Å². The summed E-state index contributed by atoms with van der Waals surface area (Å²) in [4.78, 5) is 12.7. The van der Waals surface area contributed by atoms with E-state index in [9.17, 15) is 4.39 Å². The van der Waals surface area contributed by atoms with E-state index in [0.717, 1.165) is 30.3 Å². The lowest BCUT2D eigenvalue weighted by Crippen LogP contribution is -2.03. The van der Waals surface area contributed by atoms with Crippen LogP contribution in [0.15, 0.2) is 48.4 Å². The average Bonchev–Trinajstić information content (AvgIpc) is 3.35. The second-order valence-electron chi connectivity index (χ2n) is 7.64. The molecule has 0 bridgehead atoms. The molecule has 1 unspecified atom stereocenters. The maximum atomic E-state index is 14.6. The van der Waals surface area contributed by atoms with Crippen molar-refractivity contribution in [3.05, 3.63) is 64.8 Å². The maximum absolute atomic E-state index is 14.6. The number of hydrogen-bond acceptors (Lipinski definition) is 5. The van der Waals surface area contributed by atoms with E-state index in [1.165, 1.54) is 18.0 Å². The van der Waals surface area contributed by atoms with Crippen molar-refractivity contribution in [2.75, 3.05) is 11.5 Å². The minimum absolute atomic E-state index is 0.219. The quantitative estimate of drug-likeness (QED) is 0.459. The number of hydrogen-bond donors (Lipinski definition) is 2. The first-order valence-corrected chi connectivity index (χ1v) is 10.2. The first kappa shape index (κ1) is 18.8. The van der Waals surface area contributed by atoms with Crippen LogP contribution in [0.3, 0.4) is 0 Å². The number of nitrogen functional groups attached to an aromatic ring is 2. The highest BCUT2D eigenvalue weighted by atomic mass is 35.5. The zero-order chi connectivity index (χ0) is 20.8. The van der Waals surface area contributed by atoms with Crippen LogP contribution in [-0.2, 0) is 6.42 Å². The molecule has 0 amide bonds. The second-order valence-corrected chi connectivity index (χ2v) is 8.05. The Bertz CT molecular complexity index is 1310. The number of fused-ring (bicyclic) bond motifs is 2. The lowest BCUT2D eigenvalue weighted by molar-refractivity contribution is 0.601. The van der Waals surface area contributed by atoms with E-state index in [1.807, 2.05) is 12.3 Å². The van der Waals surface area contributed by atoms with Crippen molar-refractivity contribution in [3.63, 3.8) is 0 Å². The number of benzene rings is 1. The largest absolute Gasteiger partial charge is 0.383 e. The van der Waals surface area contributed by atoms with E-state index >= 15 is 0 Å². The molecule has 0 saturated carbocycles. The molecule has 1 aromatic carbocycles. The summed E-state index contributed by atoms with van der Waals surface area (Å²) in [5.74, 6) is 0.499. The predicted octanol–water partition coefficient (Wildman–Crippen LogP) is 4.83. The van der Waals surface area contributed by atoms with Crippen LogP contribution in [0.2, 0.25) is 5.02 Å². The average molecular weight is 423 g/mol. The first-order valence-electron chi connectivity index (χ1n) is 9.80. The molecule has 0 spiro atoms. The van der Waals surface area contributed by atoms with Gasteiger partial charge in [-0.2, -0.15) is 0 Å². The lowest BCUT2D eigenvalue weighted by Gasteiger charge is -2.10. The van der Waals surface area contributed by atoms with Crippen LogP contribution >= 0.6 is 11.6 Å². The third kappa shape index (κ3) is 3.25. The van der Waals surface area contributed by atoms with Gasteiger partial charge in [0, 0.05) is 11.6 Å². The molecule has 1 atom stereocenters. The van der Waals surface area contributed by atoms with Gasteiger partial charge in [-0.1, -0.05) is 23.3 Å². The summed E-state index contributed by atoms with van der Waals surface area (Å²) in [5.41, 5.74) is 15.2. The van der Waals surface area contributed by atoms with Crippen LogP contribution in [0.5, 0.6) is 0 Å². The Morgan fingerprint density at radius 2 is 2.00 bits per heavy atom. The normalized spacial score (nSPS) is 16.5. The fourth-order valence-corrected chi connectivity index (χ4v) is 4.33. The van der Waals surface area contributed by atoms with E-state index in [0.29, 0.717) is 33.7 Å². The van der Waals surface area contributed by atoms with E-state index in [2.05, 4.69) is 25.6 Å². The van der Waals surface area contributed by atoms with Crippen molar-refractivity contribution >= 4 is 45.2 Å². The van der Waals surface area contributed by atoms with Crippen LogP contribution in [0.1, 0.15) is 30.9 Å². The Hall–Kier alpha value is -3.19. The number of nitrogens with two attached hydrogens (primary N) is 2. The molecule has 3 aromatic heterocycles. The Morgan fingerprint density at radius 3 is 2.87 bits per heavy atom. The molecule has 0 radical (unpaired) electrons. The molecule has 3 heterocycles. The lowest BCUT2D eigenvalue weighted by atomic mass is 10.0. The summed E-state index contributed by atoms with van der Waals surface area (Å²) in [6.07, 6.45) is 9.10. The molecule has 0 saturated heterocycles. The van der Waals surface area contributed by atoms with Crippen molar-refractivity contribution in [2.24, 2.45) is 0 Å². The molecule has 152 valence electrons. The molecular weight excluding hydrogens is 403 g/mol. The van der Waals surface area contributed by atoms with Gasteiger partial charge in [-0.3, -0.25) is 0 Å². The molecule has 30 heavy (non-hydrogen) atoms. The van der Waals surface area contributed by atoms with Gasteiger partial charge >= 0.3 is 0 Å². The van der Waals surface area contributed by atoms with Gasteiger partial charge in [0.2, 0.25) is 0 Å². The Labute approximate surface area is 177 Å². The molecule has 1 aliphatic rings. The van der Waals surface area contributed by atoms with Crippen LogP contribution < -0.4 is 11.5 Å². The predicted molar refractivity (Wildman–Crippen MR) is 118 cm³/mol. The highest BCUT2D eigenvalue weighted by molar-refractivity contribution is 6.33. The fraction of sp³-hybridized carbons (Fsp3) is 0.227. The van der Waals surface area contributed by atoms with Gasteiger partial charge in [-0.05, 0) is 55.5 Å². The maximum Gasteiger partial charge on any atom is 0.146 e. The molecule has 0 aliphatic heterocycles. The third-order valence-corrected chi connectivity index (χ3v) is 6.07. The summed E-state index contributed by atoms with van der Waals surface area (Å²) in [6, 6.07) is 7.06. The van der Waals surface area contributed by atoms with Gasteiger partial charge < -0.3 is 16.0 Å². The van der Waals surface area contributed by atoms with Crippen molar-refractivity contribution in [2.45, 2.75) is 31.7 Å². The van der Waals surface area contributed by atoms with Gasteiger partial charge in [-0.25, -0.2) is 19.3 Å². The number of anilines is 2. The summed E-state index contributed by atoms with van der Waals surface area (Å²) < 4.78 is 16.7. The van der Waals surface area contributed by atoms with Gasteiger partial charge in [0.25, 0.3) is 0 Å². The van der Waals surface area contributed by atoms with Crippen LogP contribution in [0, 0.1) is 5.82 Å². The highest BCUT2D eigenvalue weighted by Crippen LogP contribution is 2.34. The standard InChI is InChI=1S/C22H20ClFN6/c23-17-8-14-9-18(24)13(10-19(14)29-21(17)26)3-1-12-2-4-15(7-12)30-6-5-16-20(25)27-11-28-22(16)30/h5-11,15H,1-4H2,(H2,26,29)(H2,25,27,28). The first-order chi connectivity index (χ1) is 14.5. The smallest absolute Gasteiger partial charge is 0.146 e. The summed E-state index contributed by atoms with van der Waals surface area (Å²) in [5, 5.41) is 1.85. The fourth-order valence-electron chi connectivity index (χ4n) is 4.17. The number of pyridine rings is 1. The Morgan fingerprint density at radius 1 is 1.13 bits per heavy atom. The monoisotopic (exact) mass is 422 g/mol. The molecular formula is C22H20ClFN6. The Kier molecular flexibility index (Phi) is 4.55. The molecule has 0 fully saturated rings. The number of aryl methyl sites for hydroxylation is 1. The molecule has 8 heteroatoms. The molecule has 4 aromatic rings. The van der Waals surface area contributed by atoms with Crippen LogP contribution in [0.4, 0.5) is 16.0 Å². The van der Waals surface area contributed by atoms with Crippen molar-refractivity contribution < 1.29 is 4.39 Å². The molecule has 1 aliphatic carbocycles. The van der Waals surface area contributed by atoms with Gasteiger partial charge in [0.1, 0.15) is 29.4 Å². The van der Waals surface area contributed by atoms with Crippen LogP contribution in [-0.4, -0.2) is 19.5 Å².